The monoisotopic (exact) mass is 337 g/mol. The van der Waals surface area contributed by atoms with Crippen LogP contribution < -0.4 is 5.56 Å². The summed E-state index contributed by atoms with van der Waals surface area (Å²) in [7, 11) is 0. The van der Waals surface area contributed by atoms with Crippen molar-refractivity contribution in [2.45, 2.75) is 51.7 Å². The molecule has 0 bridgehead atoms. The Kier molecular flexibility index (Phi) is 4.40. The van der Waals surface area contributed by atoms with E-state index in [4.69, 9.17) is 9.40 Å². The first kappa shape index (κ1) is 16.1. The molecule has 0 radical (unpaired) electrons. The number of furan rings is 1. The average molecular weight is 337 g/mol. The zero-order chi connectivity index (χ0) is 17.2. The van der Waals surface area contributed by atoms with Gasteiger partial charge in [-0.05, 0) is 43.5 Å². The highest BCUT2D eigenvalue weighted by Crippen LogP contribution is 2.26. The molecule has 1 saturated carbocycles. The highest BCUT2D eigenvalue weighted by molar-refractivity contribution is 5.46. The zero-order valence-corrected chi connectivity index (χ0v) is 14.5. The maximum absolute atomic E-state index is 12.5. The third-order valence-electron chi connectivity index (χ3n) is 5.08. The molecule has 0 aliphatic heterocycles. The maximum Gasteiger partial charge on any atom is 0.258 e. The van der Waals surface area contributed by atoms with Crippen LogP contribution in [0.1, 0.15) is 42.7 Å². The smallest absolute Gasteiger partial charge is 0.258 e. The second-order valence-electron chi connectivity index (χ2n) is 6.89. The van der Waals surface area contributed by atoms with Crippen LogP contribution in [0.3, 0.4) is 0 Å². The number of rotatable bonds is 5. The molecule has 1 aliphatic carbocycles. The minimum Gasteiger partial charge on any atom is -0.468 e. The summed E-state index contributed by atoms with van der Waals surface area (Å²) in [6.07, 6.45) is 8.43. The molecule has 0 saturated heterocycles. The topological polar surface area (TPSA) is 50.8 Å². The van der Waals surface area contributed by atoms with Gasteiger partial charge in [-0.1, -0.05) is 18.9 Å². The lowest BCUT2D eigenvalue weighted by atomic mass is 10.2. The molecule has 4 rings (SSSR count). The number of nitrogens with zero attached hydrogens (tertiary/aromatic N) is 3. The molecule has 3 aromatic heterocycles. The number of hydrogen-bond donors (Lipinski definition) is 0. The Morgan fingerprint density at radius 3 is 2.84 bits per heavy atom. The van der Waals surface area contributed by atoms with Gasteiger partial charge in [0.15, 0.2) is 0 Å². The quantitative estimate of drug-likeness (QED) is 0.714. The normalized spacial score (nSPS) is 15.4. The van der Waals surface area contributed by atoms with Crippen molar-refractivity contribution in [1.29, 1.82) is 0 Å². The van der Waals surface area contributed by atoms with Gasteiger partial charge in [-0.25, -0.2) is 4.98 Å². The lowest BCUT2D eigenvalue weighted by Crippen LogP contribution is -2.33. The largest absolute Gasteiger partial charge is 0.468 e. The Morgan fingerprint density at radius 1 is 1.24 bits per heavy atom. The molecule has 0 atom stereocenters. The van der Waals surface area contributed by atoms with E-state index in [-0.39, 0.29) is 5.56 Å². The fraction of sp³-hybridized carbons (Fsp3) is 0.400. The minimum atomic E-state index is -0.0203. The van der Waals surface area contributed by atoms with Gasteiger partial charge in [0, 0.05) is 24.8 Å². The molecule has 5 nitrogen and oxygen atoms in total. The van der Waals surface area contributed by atoms with E-state index in [9.17, 15) is 4.79 Å². The van der Waals surface area contributed by atoms with E-state index >= 15 is 0 Å². The van der Waals surface area contributed by atoms with Crippen molar-refractivity contribution >= 4 is 5.65 Å². The SMILES string of the molecule is Cc1cccn2c(=O)cc(CN(Cc3ccco3)C3CCCC3)nc12. The van der Waals surface area contributed by atoms with Crippen molar-refractivity contribution in [2.75, 3.05) is 0 Å². The van der Waals surface area contributed by atoms with Crippen molar-refractivity contribution in [3.8, 4) is 0 Å². The minimum absolute atomic E-state index is 0.0203. The van der Waals surface area contributed by atoms with Gasteiger partial charge in [0.05, 0.1) is 18.5 Å². The predicted octanol–water partition coefficient (Wildman–Crippen LogP) is 3.54. The number of fused-ring (bicyclic) bond motifs is 1. The van der Waals surface area contributed by atoms with Crippen molar-refractivity contribution in [3.63, 3.8) is 0 Å². The van der Waals surface area contributed by atoms with E-state index in [1.807, 2.05) is 31.2 Å². The molecule has 0 aromatic carbocycles. The van der Waals surface area contributed by atoms with Crippen LogP contribution in [-0.4, -0.2) is 20.3 Å². The van der Waals surface area contributed by atoms with Crippen LogP contribution in [0.15, 0.2) is 52.0 Å². The summed E-state index contributed by atoms with van der Waals surface area (Å²) < 4.78 is 7.16. The first-order valence-corrected chi connectivity index (χ1v) is 8.95. The molecule has 0 unspecified atom stereocenters. The Labute approximate surface area is 146 Å². The Bertz CT molecular complexity index is 908. The number of aromatic nitrogens is 2. The van der Waals surface area contributed by atoms with Gasteiger partial charge in [0.2, 0.25) is 0 Å². The molecule has 1 fully saturated rings. The maximum atomic E-state index is 12.5. The summed E-state index contributed by atoms with van der Waals surface area (Å²) in [5, 5.41) is 0. The molecule has 0 spiro atoms. The molecule has 130 valence electrons. The Morgan fingerprint density at radius 2 is 2.08 bits per heavy atom. The zero-order valence-electron chi connectivity index (χ0n) is 14.5. The van der Waals surface area contributed by atoms with Gasteiger partial charge in [-0.15, -0.1) is 0 Å². The number of aryl methyl sites for hydroxylation is 1. The summed E-state index contributed by atoms with van der Waals surface area (Å²) in [5.74, 6) is 0.959. The van der Waals surface area contributed by atoms with Crippen molar-refractivity contribution < 1.29 is 4.42 Å². The number of hydrogen-bond acceptors (Lipinski definition) is 4. The molecule has 3 aromatic rings. The first-order chi connectivity index (χ1) is 12.2. The lowest BCUT2D eigenvalue weighted by molar-refractivity contribution is 0.165. The standard InChI is InChI=1S/C20H23N3O2/c1-15-6-4-10-23-19(24)12-16(21-20(15)23)13-22(17-7-2-3-8-17)14-18-9-5-11-25-18/h4-6,9-12,17H,2-3,7-8,13-14H2,1H3. The molecule has 0 amide bonds. The highest BCUT2D eigenvalue weighted by Gasteiger charge is 2.24. The summed E-state index contributed by atoms with van der Waals surface area (Å²) in [5.41, 5.74) is 2.57. The van der Waals surface area contributed by atoms with Crippen molar-refractivity contribution in [3.05, 3.63) is 70.2 Å². The molecule has 5 heteroatoms. The second-order valence-corrected chi connectivity index (χ2v) is 6.89. The molecular formula is C20H23N3O2. The Hall–Kier alpha value is -2.40. The van der Waals surface area contributed by atoms with Crippen LogP contribution in [0, 0.1) is 6.92 Å². The van der Waals surface area contributed by atoms with E-state index in [0.717, 1.165) is 29.2 Å². The van der Waals surface area contributed by atoms with Crippen LogP contribution in [0.4, 0.5) is 0 Å². The molecule has 0 N–H and O–H groups in total. The average Bonchev–Trinajstić information content (AvgIpc) is 3.29. The fourth-order valence-electron chi connectivity index (χ4n) is 3.78. The number of pyridine rings is 1. The van der Waals surface area contributed by atoms with Gasteiger partial charge in [-0.3, -0.25) is 14.1 Å². The van der Waals surface area contributed by atoms with Gasteiger partial charge in [-0.2, -0.15) is 0 Å². The molecular weight excluding hydrogens is 314 g/mol. The van der Waals surface area contributed by atoms with E-state index in [0.29, 0.717) is 12.6 Å². The van der Waals surface area contributed by atoms with Gasteiger partial charge in [0.25, 0.3) is 5.56 Å². The van der Waals surface area contributed by atoms with Gasteiger partial charge >= 0.3 is 0 Å². The van der Waals surface area contributed by atoms with Crippen LogP contribution in [0.5, 0.6) is 0 Å². The van der Waals surface area contributed by atoms with Gasteiger partial charge < -0.3 is 4.42 Å². The molecule has 25 heavy (non-hydrogen) atoms. The summed E-state index contributed by atoms with van der Waals surface area (Å²) in [6, 6.07) is 10.00. The van der Waals surface area contributed by atoms with E-state index in [1.165, 1.54) is 25.7 Å². The predicted molar refractivity (Wildman–Crippen MR) is 96.4 cm³/mol. The van der Waals surface area contributed by atoms with Crippen molar-refractivity contribution in [1.82, 2.24) is 14.3 Å². The van der Waals surface area contributed by atoms with E-state index in [1.54, 1.807) is 22.9 Å². The van der Waals surface area contributed by atoms with E-state index < -0.39 is 0 Å². The van der Waals surface area contributed by atoms with Crippen molar-refractivity contribution in [2.24, 2.45) is 0 Å². The molecule has 3 heterocycles. The second kappa shape index (κ2) is 6.84. The fourth-order valence-corrected chi connectivity index (χ4v) is 3.78. The summed E-state index contributed by atoms with van der Waals surface area (Å²) in [4.78, 5) is 19.6. The van der Waals surface area contributed by atoms with E-state index in [2.05, 4.69) is 4.90 Å². The van der Waals surface area contributed by atoms with Crippen LogP contribution in [0.25, 0.3) is 5.65 Å². The highest BCUT2D eigenvalue weighted by atomic mass is 16.3. The van der Waals surface area contributed by atoms with Crippen LogP contribution >= 0.6 is 0 Å². The first-order valence-electron chi connectivity index (χ1n) is 8.95. The van der Waals surface area contributed by atoms with Gasteiger partial charge in [0.1, 0.15) is 11.4 Å². The lowest BCUT2D eigenvalue weighted by Gasteiger charge is -2.27. The van der Waals surface area contributed by atoms with Crippen LogP contribution in [-0.2, 0) is 13.1 Å². The summed E-state index contributed by atoms with van der Waals surface area (Å²) >= 11 is 0. The molecule has 1 aliphatic rings. The summed E-state index contributed by atoms with van der Waals surface area (Å²) in [6.45, 7) is 3.42. The third-order valence-corrected chi connectivity index (χ3v) is 5.08. The third kappa shape index (κ3) is 3.37. The van der Waals surface area contributed by atoms with Crippen LogP contribution in [0.2, 0.25) is 0 Å². The Balaban J connectivity index is 1.66.